The number of anilines is 1. The summed E-state index contributed by atoms with van der Waals surface area (Å²) >= 11 is 0. The first kappa shape index (κ1) is 16.7. The molecule has 0 radical (unpaired) electrons. The normalized spacial score (nSPS) is 10.2. The van der Waals surface area contributed by atoms with Crippen LogP contribution >= 0.6 is 0 Å². The van der Waals surface area contributed by atoms with Gasteiger partial charge in [0.2, 0.25) is 11.8 Å². The molecule has 23 heavy (non-hydrogen) atoms. The van der Waals surface area contributed by atoms with Gasteiger partial charge in [-0.2, -0.15) is 0 Å². The van der Waals surface area contributed by atoms with Gasteiger partial charge >= 0.3 is 0 Å². The number of carbonyl (C=O) groups excluding carboxylic acids is 2. The summed E-state index contributed by atoms with van der Waals surface area (Å²) in [4.78, 5) is 22.8. The summed E-state index contributed by atoms with van der Waals surface area (Å²) in [6.45, 7) is 1.96. The number of rotatable bonds is 6. The van der Waals surface area contributed by atoms with E-state index in [0.717, 1.165) is 11.1 Å². The number of nitrogens with one attached hydrogen (secondary N) is 2. The quantitative estimate of drug-likeness (QED) is 0.861. The van der Waals surface area contributed by atoms with Crippen LogP contribution in [-0.2, 0) is 22.4 Å². The Kier molecular flexibility index (Phi) is 5.86. The molecule has 0 unspecified atom stereocenters. The van der Waals surface area contributed by atoms with E-state index in [0.29, 0.717) is 18.7 Å². The van der Waals surface area contributed by atoms with E-state index >= 15 is 0 Å². The first-order valence-electron chi connectivity index (χ1n) is 7.40. The van der Waals surface area contributed by atoms with Gasteiger partial charge in [0.25, 0.3) is 0 Å². The summed E-state index contributed by atoms with van der Waals surface area (Å²) in [5, 5.41) is 5.51. The van der Waals surface area contributed by atoms with Gasteiger partial charge in [-0.25, -0.2) is 4.39 Å². The third kappa shape index (κ3) is 5.90. The minimum Gasteiger partial charge on any atom is -0.355 e. The molecule has 0 saturated carbocycles. The molecule has 0 bridgehead atoms. The Hall–Kier alpha value is -2.69. The summed E-state index contributed by atoms with van der Waals surface area (Å²) in [5.74, 6) is -0.462. The van der Waals surface area contributed by atoms with Crippen LogP contribution in [0.25, 0.3) is 0 Å². The molecule has 2 amide bonds. The zero-order valence-corrected chi connectivity index (χ0v) is 12.9. The molecule has 0 heterocycles. The predicted octanol–water partition coefficient (Wildman–Crippen LogP) is 2.69. The highest BCUT2D eigenvalue weighted by Crippen LogP contribution is 2.10. The number of carbonyl (C=O) groups is 2. The van der Waals surface area contributed by atoms with E-state index in [1.54, 1.807) is 24.3 Å². The van der Waals surface area contributed by atoms with Crippen molar-refractivity contribution in [1.82, 2.24) is 5.32 Å². The zero-order valence-electron chi connectivity index (χ0n) is 12.9. The van der Waals surface area contributed by atoms with Gasteiger partial charge in [0.1, 0.15) is 5.82 Å². The molecule has 4 nitrogen and oxygen atoms in total. The van der Waals surface area contributed by atoms with Gasteiger partial charge in [0.05, 0.1) is 6.42 Å². The second-order valence-corrected chi connectivity index (χ2v) is 5.28. The lowest BCUT2D eigenvalue weighted by atomic mass is 10.1. The largest absolute Gasteiger partial charge is 0.355 e. The van der Waals surface area contributed by atoms with Crippen LogP contribution in [0.15, 0.2) is 48.5 Å². The molecule has 0 saturated heterocycles. The molecule has 0 aromatic heterocycles. The molecule has 0 aliphatic rings. The van der Waals surface area contributed by atoms with Gasteiger partial charge in [0.15, 0.2) is 0 Å². The Morgan fingerprint density at radius 1 is 0.957 bits per heavy atom. The highest BCUT2D eigenvalue weighted by molar-refractivity contribution is 5.88. The lowest BCUT2D eigenvalue weighted by Crippen LogP contribution is -2.27. The number of hydrogen-bond acceptors (Lipinski definition) is 2. The van der Waals surface area contributed by atoms with Crippen LogP contribution in [0.5, 0.6) is 0 Å². The second-order valence-electron chi connectivity index (χ2n) is 5.28. The van der Waals surface area contributed by atoms with Crippen LogP contribution in [0, 0.1) is 5.82 Å². The van der Waals surface area contributed by atoms with Gasteiger partial charge in [-0.15, -0.1) is 0 Å². The molecule has 0 aliphatic heterocycles. The minimum absolute atomic E-state index is 0.0700. The van der Waals surface area contributed by atoms with E-state index in [9.17, 15) is 14.0 Å². The number of halogens is 1. The van der Waals surface area contributed by atoms with Crippen LogP contribution in [0.4, 0.5) is 10.1 Å². The summed E-state index contributed by atoms with van der Waals surface area (Å²) in [6, 6.07) is 13.4. The van der Waals surface area contributed by atoms with Gasteiger partial charge in [-0.3, -0.25) is 9.59 Å². The maximum atomic E-state index is 12.8. The van der Waals surface area contributed by atoms with Crippen molar-refractivity contribution in [1.29, 1.82) is 0 Å². The Balaban J connectivity index is 1.76. The Morgan fingerprint density at radius 2 is 1.57 bits per heavy atom. The van der Waals surface area contributed by atoms with E-state index in [1.165, 1.54) is 19.1 Å². The molecule has 2 rings (SSSR count). The molecule has 2 aromatic carbocycles. The van der Waals surface area contributed by atoms with E-state index in [-0.39, 0.29) is 24.1 Å². The highest BCUT2D eigenvalue weighted by Gasteiger charge is 2.04. The fourth-order valence-corrected chi connectivity index (χ4v) is 2.15. The first-order chi connectivity index (χ1) is 11.0. The average Bonchev–Trinajstić information content (AvgIpc) is 2.51. The molecule has 0 atom stereocenters. The molecule has 2 N–H and O–H groups in total. The second kappa shape index (κ2) is 8.08. The van der Waals surface area contributed by atoms with Crippen LogP contribution < -0.4 is 10.6 Å². The van der Waals surface area contributed by atoms with Gasteiger partial charge in [-0.05, 0) is 41.8 Å². The van der Waals surface area contributed by atoms with Gasteiger partial charge in [-0.1, -0.05) is 24.3 Å². The monoisotopic (exact) mass is 314 g/mol. The SMILES string of the molecule is CC(=O)Nc1ccc(CC(=O)NCCc2ccc(F)cc2)cc1. The minimum atomic E-state index is -0.263. The standard InChI is InChI=1S/C18H19FN2O2/c1-13(22)21-17-8-4-15(5-9-17)12-18(23)20-11-10-14-2-6-16(19)7-3-14/h2-9H,10-12H2,1H3,(H,20,23)(H,21,22). The van der Waals surface area contributed by atoms with Crippen molar-refractivity contribution in [3.05, 3.63) is 65.5 Å². The van der Waals surface area contributed by atoms with Crippen molar-refractivity contribution in [2.24, 2.45) is 0 Å². The fraction of sp³-hybridized carbons (Fsp3) is 0.222. The summed E-state index contributed by atoms with van der Waals surface area (Å²) in [7, 11) is 0. The van der Waals surface area contributed by atoms with Gasteiger partial charge in [0, 0.05) is 19.2 Å². The van der Waals surface area contributed by atoms with E-state index in [2.05, 4.69) is 10.6 Å². The molecule has 5 heteroatoms. The third-order valence-electron chi connectivity index (χ3n) is 3.29. The molecule has 2 aromatic rings. The summed E-state index contributed by atoms with van der Waals surface area (Å²) < 4.78 is 12.8. The smallest absolute Gasteiger partial charge is 0.224 e. The van der Waals surface area contributed by atoms with E-state index in [1.807, 2.05) is 12.1 Å². The van der Waals surface area contributed by atoms with Crippen molar-refractivity contribution in [2.75, 3.05) is 11.9 Å². The van der Waals surface area contributed by atoms with Crippen LogP contribution in [0.3, 0.4) is 0 Å². The molecule has 0 fully saturated rings. The zero-order chi connectivity index (χ0) is 16.7. The van der Waals surface area contributed by atoms with Crippen molar-refractivity contribution < 1.29 is 14.0 Å². The van der Waals surface area contributed by atoms with Gasteiger partial charge < -0.3 is 10.6 Å². The van der Waals surface area contributed by atoms with Crippen molar-refractivity contribution >= 4 is 17.5 Å². The third-order valence-corrected chi connectivity index (χ3v) is 3.29. The fourth-order valence-electron chi connectivity index (χ4n) is 2.15. The highest BCUT2D eigenvalue weighted by atomic mass is 19.1. The molecule has 0 spiro atoms. The van der Waals surface area contributed by atoms with Crippen molar-refractivity contribution in [3.8, 4) is 0 Å². The molecule has 0 aliphatic carbocycles. The number of amides is 2. The average molecular weight is 314 g/mol. The first-order valence-corrected chi connectivity index (χ1v) is 7.40. The lowest BCUT2D eigenvalue weighted by Gasteiger charge is -2.07. The van der Waals surface area contributed by atoms with E-state index in [4.69, 9.17) is 0 Å². The van der Waals surface area contributed by atoms with E-state index < -0.39 is 0 Å². The maximum Gasteiger partial charge on any atom is 0.224 e. The van der Waals surface area contributed by atoms with Crippen molar-refractivity contribution in [3.63, 3.8) is 0 Å². The Morgan fingerprint density at radius 3 is 2.17 bits per heavy atom. The molecule has 120 valence electrons. The predicted molar refractivity (Wildman–Crippen MR) is 87.6 cm³/mol. The molecular weight excluding hydrogens is 295 g/mol. The number of benzene rings is 2. The maximum absolute atomic E-state index is 12.8. The lowest BCUT2D eigenvalue weighted by molar-refractivity contribution is -0.120. The number of hydrogen-bond donors (Lipinski definition) is 2. The summed E-state index contributed by atoms with van der Waals surface area (Å²) in [6.07, 6.45) is 0.942. The summed E-state index contributed by atoms with van der Waals surface area (Å²) in [5.41, 5.74) is 2.56. The Labute approximate surface area is 134 Å². The van der Waals surface area contributed by atoms with Crippen LogP contribution in [0.1, 0.15) is 18.1 Å². The topological polar surface area (TPSA) is 58.2 Å². The van der Waals surface area contributed by atoms with Crippen LogP contribution in [-0.4, -0.2) is 18.4 Å². The van der Waals surface area contributed by atoms with Crippen LogP contribution in [0.2, 0.25) is 0 Å². The van der Waals surface area contributed by atoms with Crippen molar-refractivity contribution in [2.45, 2.75) is 19.8 Å². The Bertz CT molecular complexity index is 666. The molecular formula is C18H19FN2O2.